The maximum atomic E-state index is 12.6. The number of nitrogens with zero attached hydrogens (tertiary/aromatic N) is 1. The molecule has 3 rings (SSSR count). The third kappa shape index (κ3) is 2.92. The van der Waals surface area contributed by atoms with Gasteiger partial charge >= 0.3 is 0 Å². The average Bonchev–Trinajstić information content (AvgIpc) is 2.72. The second kappa shape index (κ2) is 5.48. The summed E-state index contributed by atoms with van der Waals surface area (Å²) in [5, 5.41) is 0.793. The van der Waals surface area contributed by atoms with Crippen molar-refractivity contribution in [1.29, 1.82) is 0 Å². The monoisotopic (exact) mass is 343 g/mol. The van der Waals surface area contributed by atoms with Crippen molar-refractivity contribution in [3.63, 3.8) is 0 Å². The van der Waals surface area contributed by atoms with Crippen molar-refractivity contribution in [1.82, 2.24) is 0 Å². The molecular formula is C20H25NO2S. The first-order valence-corrected chi connectivity index (χ1v) is 9.18. The van der Waals surface area contributed by atoms with Gasteiger partial charge in [-0.1, -0.05) is 52.4 Å². The number of ketones is 2. The number of carbonyl (C=O) groups excluding carboxylic acids is 2. The summed E-state index contributed by atoms with van der Waals surface area (Å²) in [6.45, 7) is 10.5. The molecular weight excluding hydrogens is 318 g/mol. The van der Waals surface area contributed by atoms with E-state index in [0.717, 1.165) is 15.6 Å². The Bertz CT molecular complexity index is 746. The van der Waals surface area contributed by atoms with Crippen molar-refractivity contribution in [3.8, 4) is 0 Å². The van der Waals surface area contributed by atoms with Crippen LogP contribution < -0.4 is 4.90 Å². The van der Waals surface area contributed by atoms with Crippen LogP contribution in [-0.4, -0.2) is 18.6 Å². The van der Waals surface area contributed by atoms with Gasteiger partial charge < -0.3 is 4.90 Å². The number of benzene rings is 1. The Morgan fingerprint density at radius 3 is 2.21 bits per heavy atom. The zero-order valence-electron chi connectivity index (χ0n) is 15.3. The van der Waals surface area contributed by atoms with E-state index in [1.165, 1.54) is 5.56 Å². The topological polar surface area (TPSA) is 37.4 Å². The van der Waals surface area contributed by atoms with Gasteiger partial charge in [-0.15, -0.1) is 0 Å². The molecule has 1 saturated carbocycles. The van der Waals surface area contributed by atoms with Gasteiger partial charge in [-0.05, 0) is 28.5 Å². The fourth-order valence-electron chi connectivity index (χ4n) is 3.34. The van der Waals surface area contributed by atoms with Crippen LogP contribution in [0.15, 0.2) is 33.7 Å². The van der Waals surface area contributed by atoms with E-state index in [2.05, 4.69) is 39.0 Å². The predicted molar refractivity (Wildman–Crippen MR) is 99.5 cm³/mol. The second-order valence-electron chi connectivity index (χ2n) is 8.64. The van der Waals surface area contributed by atoms with Gasteiger partial charge in [0.25, 0.3) is 0 Å². The lowest BCUT2D eigenvalue weighted by Gasteiger charge is -2.30. The molecule has 0 spiro atoms. The number of anilines is 1. The zero-order valence-corrected chi connectivity index (χ0v) is 16.1. The Hall–Kier alpha value is -1.55. The lowest BCUT2D eigenvalue weighted by Crippen LogP contribution is -2.33. The third-order valence-electron chi connectivity index (χ3n) is 4.75. The van der Waals surface area contributed by atoms with Crippen molar-refractivity contribution >= 4 is 29.0 Å². The van der Waals surface area contributed by atoms with Gasteiger partial charge in [-0.3, -0.25) is 9.59 Å². The Morgan fingerprint density at radius 1 is 1.08 bits per heavy atom. The molecule has 1 aromatic carbocycles. The van der Waals surface area contributed by atoms with Gasteiger partial charge in [0, 0.05) is 24.8 Å². The highest BCUT2D eigenvalue weighted by atomic mass is 32.2. The number of thioether (sulfide) groups is 1. The Balaban J connectivity index is 2.03. The number of hydrogen-bond acceptors (Lipinski definition) is 4. The molecule has 1 fully saturated rings. The van der Waals surface area contributed by atoms with Gasteiger partial charge in [-0.25, -0.2) is 0 Å². The summed E-state index contributed by atoms with van der Waals surface area (Å²) in [4.78, 5) is 28.3. The van der Waals surface area contributed by atoms with E-state index in [-0.39, 0.29) is 22.4 Å². The maximum Gasteiger partial charge on any atom is 0.169 e. The van der Waals surface area contributed by atoms with Crippen LogP contribution in [0.2, 0.25) is 0 Å². The van der Waals surface area contributed by atoms with E-state index in [9.17, 15) is 9.59 Å². The van der Waals surface area contributed by atoms with E-state index in [4.69, 9.17) is 0 Å². The molecule has 3 nitrogen and oxygen atoms in total. The van der Waals surface area contributed by atoms with Crippen LogP contribution in [0.1, 0.15) is 53.0 Å². The van der Waals surface area contributed by atoms with Crippen LogP contribution in [0.3, 0.4) is 0 Å². The second-order valence-corrected chi connectivity index (χ2v) is 9.67. The Labute approximate surface area is 148 Å². The Kier molecular flexibility index (Phi) is 3.95. The first-order valence-electron chi connectivity index (χ1n) is 8.36. The number of carbonyl (C=O) groups is 2. The molecule has 0 atom stereocenters. The third-order valence-corrected chi connectivity index (χ3v) is 5.97. The molecule has 1 heterocycles. The first-order chi connectivity index (χ1) is 11.0. The van der Waals surface area contributed by atoms with Crippen molar-refractivity contribution in [3.05, 3.63) is 34.4 Å². The zero-order chi connectivity index (χ0) is 17.9. The molecule has 0 N–H and O–H groups in total. The summed E-state index contributed by atoms with van der Waals surface area (Å²) >= 11 is 1.55. The fourth-order valence-corrected chi connectivity index (χ4v) is 4.61. The normalized spacial score (nSPS) is 20.7. The van der Waals surface area contributed by atoms with Crippen LogP contribution in [0.4, 0.5) is 5.69 Å². The quantitative estimate of drug-likeness (QED) is 0.506. The summed E-state index contributed by atoms with van der Waals surface area (Å²) < 4.78 is 0. The van der Waals surface area contributed by atoms with E-state index < -0.39 is 0 Å². The van der Waals surface area contributed by atoms with Crippen molar-refractivity contribution in [2.75, 3.05) is 11.9 Å². The van der Waals surface area contributed by atoms with Crippen LogP contribution in [0.5, 0.6) is 0 Å². The number of Topliss-reactive ketones (excluding diaryl/α,β-unsaturated/α-hetero) is 2. The fraction of sp³-hybridized carbons (Fsp3) is 0.500. The molecule has 1 aliphatic heterocycles. The Morgan fingerprint density at radius 2 is 1.67 bits per heavy atom. The summed E-state index contributed by atoms with van der Waals surface area (Å²) in [7, 11) is 1.94. The smallest absolute Gasteiger partial charge is 0.169 e. The largest absolute Gasteiger partial charge is 0.337 e. The van der Waals surface area contributed by atoms with E-state index in [0.29, 0.717) is 18.4 Å². The van der Waals surface area contributed by atoms with Crippen LogP contribution in [0, 0.1) is 5.41 Å². The lowest BCUT2D eigenvalue weighted by molar-refractivity contribution is -0.127. The highest BCUT2D eigenvalue weighted by Gasteiger charge is 2.40. The predicted octanol–water partition coefficient (Wildman–Crippen LogP) is 4.70. The molecule has 0 amide bonds. The standard InChI is InChI=1S/C20H25NO2S/c1-19(2,3)12-7-8-13-16(9-12)24-18(21(13)6)17-14(22)10-20(4,5)11-15(17)23/h7-9H,10-11H2,1-6H3. The lowest BCUT2D eigenvalue weighted by atomic mass is 9.74. The van der Waals surface area contributed by atoms with Crippen LogP contribution >= 0.6 is 11.8 Å². The molecule has 24 heavy (non-hydrogen) atoms. The highest BCUT2D eigenvalue weighted by Crippen LogP contribution is 2.49. The molecule has 0 aromatic heterocycles. The molecule has 2 aliphatic rings. The number of hydrogen-bond donors (Lipinski definition) is 0. The number of rotatable bonds is 0. The van der Waals surface area contributed by atoms with Crippen LogP contribution in [-0.2, 0) is 15.0 Å². The summed E-state index contributed by atoms with van der Waals surface area (Å²) in [6, 6.07) is 6.42. The molecule has 128 valence electrons. The SMILES string of the molecule is CN1C(=C2C(=O)CC(C)(C)CC2=O)Sc2cc(C(C)(C)C)ccc21. The molecule has 0 saturated heterocycles. The molecule has 0 radical (unpaired) electrons. The summed E-state index contributed by atoms with van der Waals surface area (Å²) in [5.74, 6) is -0.0381. The molecule has 0 unspecified atom stereocenters. The van der Waals surface area contributed by atoms with E-state index >= 15 is 0 Å². The number of allylic oxidation sites excluding steroid dienone is 1. The van der Waals surface area contributed by atoms with Gasteiger partial charge in [0.1, 0.15) is 0 Å². The molecule has 0 bridgehead atoms. The maximum absolute atomic E-state index is 12.6. The highest BCUT2D eigenvalue weighted by molar-refractivity contribution is 8.03. The summed E-state index contributed by atoms with van der Waals surface area (Å²) in [6.07, 6.45) is 0.880. The molecule has 4 heteroatoms. The van der Waals surface area contributed by atoms with Crippen molar-refractivity contribution < 1.29 is 9.59 Å². The van der Waals surface area contributed by atoms with Gasteiger partial charge in [0.15, 0.2) is 11.6 Å². The first kappa shape index (κ1) is 17.3. The van der Waals surface area contributed by atoms with Crippen molar-refractivity contribution in [2.45, 2.75) is 57.8 Å². The van der Waals surface area contributed by atoms with Gasteiger partial charge in [0.2, 0.25) is 0 Å². The number of fused-ring (bicyclic) bond motifs is 1. The van der Waals surface area contributed by atoms with E-state index in [1.54, 1.807) is 11.8 Å². The minimum Gasteiger partial charge on any atom is -0.337 e. The van der Waals surface area contributed by atoms with Gasteiger partial charge in [-0.2, -0.15) is 0 Å². The van der Waals surface area contributed by atoms with Crippen molar-refractivity contribution in [2.24, 2.45) is 5.41 Å². The minimum atomic E-state index is -0.230. The van der Waals surface area contributed by atoms with E-state index in [1.807, 2.05) is 25.8 Å². The molecule has 1 aliphatic carbocycles. The van der Waals surface area contributed by atoms with Gasteiger partial charge in [0.05, 0.1) is 16.3 Å². The average molecular weight is 343 g/mol. The molecule has 1 aromatic rings. The van der Waals surface area contributed by atoms with Crippen LogP contribution in [0.25, 0.3) is 0 Å². The summed E-state index contributed by atoms with van der Waals surface area (Å²) in [5.41, 5.74) is 2.57. The minimum absolute atomic E-state index is 0.0190.